The summed E-state index contributed by atoms with van der Waals surface area (Å²) in [5.41, 5.74) is 0.634. The van der Waals surface area contributed by atoms with Gasteiger partial charge in [0.05, 0.1) is 6.04 Å². The number of ether oxygens (including phenoxy) is 1. The number of halogens is 1. The van der Waals surface area contributed by atoms with Crippen LogP contribution >= 0.6 is 0 Å². The minimum absolute atomic E-state index is 0.0907. The van der Waals surface area contributed by atoms with E-state index in [-0.39, 0.29) is 23.8 Å². The van der Waals surface area contributed by atoms with E-state index in [1.165, 1.54) is 22.5 Å². The van der Waals surface area contributed by atoms with Crippen LogP contribution in [0.2, 0.25) is 0 Å². The number of anilines is 1. The van der Waals surface area contributed by atoms with Crippen molar-refractivity contribution < 1.29 is 13.9 Å². The van der Waals surface area contributed by atoms with E-state index in [4.69, 9.17) is 4.74 Å². The molecule has 0 saturated carbocycles. The largest absolute Gasteiger partial charge is 0.356 e. The van der Waals surface area contributed by atoms with Crippen molar-refractivity contribution in [3.63, 3.8) is 0 Å². The van der Waals surface area contributed by atoms with Gasteiger partial charge in [-0.1, -0.05) is 30.3 Å². The van der Waals surface area contributed by atoms with Crippen molar-refractivity contribution in [1.29, 1.82) is 0 Å². The van der Waals surface area contributed by atoms with Gasteiger partial charge in [-0.25, -0.2) is 9.37 Å². The van der Waals surface area contributed by atoms with E-state index < -0.39 is 11.4 Å². The van der Waals surface area contributed by atoms with Gasteiger partial charge in [-0.3, -0.25) is 4.79 Å². The number of carbonyl (C=O) groups is 1. The number of piperidine rings is 1. The molecule has 0 radical (unpaired) electrons. The van der Waals surface area contributed by atoms with Gasteiger partial charge in [-0.15, -0.1) is 0 Å². The van der Waals surface area contributed by atoms with E-state index in [9.17, 15) is 9.18 Å². The van der Waals surface area contributed by atoms with Crippen LogP contribution in [0.1, 0.15) is 37.3 Å². The predicted molar refractivity (Wildman–Crippen MR) is 107 cm³/mol. The molecule has 5 heterocycles. The van der Waals surface area contributed by atoms with Gasteiger partial charge in [0.2, 0.25) is 0 Å². The highest BCUT2D eigenvalue weighted by molar-refractivity contribution is 5.88. The molecule has 2 atom stereocenters. The fraction of sp³-hybridized carbons (Fsp3) is 0.409. The number of hydrogen-bond donors (Lipinski definition) is 0. The lowest BCUT2D eigenvalue weighted by Crippen LogP contribution is -2.50. The fourth-order valence-electron chi connectivity index (χ4n) is 5.25. The predicted octanol–water partition coefficient (Wildman–Crippen LogP) is 2.93. The molecule has 30 heavy (non-hydrogen) atoms. The van der Waals surface area contributed by atoms with Crippen molar-refractivity contribution in [3.8, 4) is 0 Å². The smallest absolute Gasteiger partial charge is 0.257 e. The molecule has 0 aliphatic carbocycles. The number of fused-ring (bicyclic) bond motifs is 2. The average Bonchev–Trinajstić information content (AvgIpc) is 3.48. The molecule has 1 spiro atoms. The number of benzene rings is 1. The van der Waals surface area contributed by atoms with Crippen molar-refractivity contribution in [1.82, 2.24) is 19.5 Å². The molecule has 154 valence electrons. The Bertz CT molecular complexity index is 1110. The monoisotopic (exact) mass is 407 g/mol. The highest BCUT2D eigenvalue weighted by Crippen LogP contribution is 2.47. The fourth-order valence-corrected chi connectivity index (χ4v) is 5.25. The Hall–Kier alpha value is -3.00. The first-order valence-electron chi connectivity index (χ1n) is 10.4. The minimum atomic E-state index is -0.754. The topological polar surface area (TPSA) is 63.0 Å². The summed E-state index contributed by atoms with van der Waals surface area (Å²) in [6.07, 6.45) is 4.23. The van der Waals surface area contributed by atoms with Crippen molar-refractivity contribution in [3.05, 3.63) is 60.2 Å². The van der Waals surface area contributed by atoms with E-state index in [1.54, 1.807) is 6.07 Å². The number of hydrogen-bond acceptors (Lipinski definition) is 5. The van der Waals surface area contributed by atoms with Crippen LogP contribution in [0.5, 0.6) is 0 Å². The molecule has 8 heteroatoms. The third-order valence-electron chi connectivity index (χ3n) is 6.76. The Morgan fingerprint density at radius 3 is 2.67 bits per heavy atom. The number of nitrogens with zero attached hydrogens (tertiary/aromatic N) is 5. The van der Waals surface area contributed by atoms with Crippen molar-refractivity contribution in [2.24, 2.45) is 0 Å². The lowest BCUT2D eigenvalue weighted by molar-refractivity contribution is -0.140. The molecule has 2 aromatic heterocycles. The molecule has 3 aromatic rings. The van der Waals surface area contributed by atoms with Crippen LogP contribution in [0.15, 0.2) is 48.8 Å². The summed E-state index contributed by atoms with van der Waals surface area (Å²) in [7, 11) is 0. The standard InChI is InChI=1S/C22H22FN5O2/c23-16-6-8-18(28-20(16)24-14-25-28)26-12-10-22(11-13-26)21(29)27-17(7-9-19(27)30-22)15-4-2-1-3-5-15/h1-6,8,14,17,19H,7,9-13H2/t17-,19+/m0/s1. The molecule has 0 unspecified atom stereocenters. The van der Waals surface area contributed by atoms with E-state index >= 15 is 0 Å². The van der Waals surface area contributed by atoms with Crippen LogP contribution in [0.25, 0.3) is 5.65 Å². The SMILES string of the molecule is O=C1N2[C@@H](CC[C@H]2c2ccccc2)OC12CCN(c1ccc(F)c3ncnn13)CC2. The van der Waals surface area contributed by atoms with Gasteiger partial charge >= 0.3 is 0 Å². The number of pyridine rings is 1. The van der Waals surface area contributed by atoms with E-state index in [1.807, 2.05) is 23.1 Å². The molecule has 1 amide bonds. The molecule has 6 rings (SSSR count). The van der Waals surface area contributed by atoms with Crippen LogP contribution in [-0.2, 0) is 9.53 Å². The molecule has 3 fully saturated rings. The highest BCUT2D eigenvalue weighted by atomic mass is 19.1. The number of aromatic nitrogens is 3. The molecule has 3 aliphatic rings. The van der Waals surface area contributed by atoms with Crippen molar-refractivity contribution in [2.45, 2.75) is 43.6 Å². The second-order valence-corrected chi connectivity index (χ2v) is 8.31. The molecule has 3 saturated heterocycles. The van der Waals surface area contributed by atoms with Gasteiger partial charge < -0.3 is 14.5 Å². The normalized spacial score (nSPS) is 25.4. The van der Waals surface area contributed by atoms with Crippen molar-refractivity contribution in [2.75, 3.05) is 18.0 Å². The Kier molecular flexibility index (Phi) is 3.86. The molecule has 3 aliphatic heterocycles. The quantitative estimate of drug-likeness (QED) is 0.654. The zero-order valence-electron chi connectivity index (χ0n) is 16.4. The maximum absolute atomic E-state index is 14.0. The summed E-state index contributed by atoms with van der Waals surface area (Å²) in [6, 6.07) is 13.4. The first-order chi connectivity index (χ1) is 14.7. The Morgan fingerprint density at radius 2 is 1.87 bits per heavy atom. The molecular weight excluding hydrogens is 385 g/mol. The maximum atomic E-state index is 14.0. The van der Waals surface area contributed by atoms with Crippen LogP contribution in [0.3, 0.4) is 0 Å². The molecule has 7 nitrogen and oxygen atoms in total. The summed E-state index contributed by atoms with van der Waals surface area (Å²) in [5, 5.41) is 4.17. The lowest BCUT2D eigenvalue weighted by Gasteiger charge is -2.38. The third kappa shape index (κ3) is 2.49. The summed E-state index contributed by atoms with van der Waals surface area (Å²) >= 11 is 0. The summed E-state index contributed by atoms with van der Waals surface area (Å²) < 4.78 is 21.9. The van der Waals surface area contributed by atoms with E-state index in [2.05, 4.69) is 27.1 Å². The Labute approximate surface area is 173 Å². The molecule has 1 aromatic carbocycles. The van der Waals surface area contributed by atoms with Gasteiger partial charge in [0.1, 0.15) is 18.4 Å². The summed E-state index contributed by atoms with van der Waals surface area (Å²) in [4.78, 5) is 21.6. The van der Waals surface area contributed by atoms with Gasteiger partial charge in [-0.05, 0) is 30.5 Å². The van der Waals surface area contributed by atoms with E-state index in [0.29, 0.717) is 25.9 Å². The molecule has 0 bridgehead atoms. The third-order valence-corrected chi connectivity index (χ3v) is 6.76. The Morgan fingerprint density at radius 1 is 1.07 bits per heavy atom. The Balaban J connectivity index is 1.23. The van der Waals surface area contributed by atoms with Gasteiger partial charge in [0.25, 0.3) is 5.91 Å². The van der Waals surface area contributed by atoms with Gasteiger partial charge in [-0.2, -0.15) is 9.61 Å². The lowest BCUT2D eigenvalue weighted by atomic mass is 9.89. The van der Waals surface area contributed by atoms with Crippen molar-refractivity contribution >= 4 is 17.4 Å². The number of rotatable bonds is 2. The summed E-state index contributed by atoms with van der Waals surface area (Å²) in [5.74, 6) is 0.502. The van der Waals surface area contributed by atoms with E-state index in [0.717, 1.165) is 18.7 Å². The van der Waals surface area contributed by atoms with Crippen LogP contribution < -0.4 is 4.90 Å². The number of amides is 1. The maximum Gasteiger partial charge on any atom is 0.257 e. The van der Waals surface area contributed by atoms with Crippen LogP contribution in [-0.4, -0.2) is 50.3 Å². The zero-order chi connectivity index (χ0) is 20.3. The second-order valence-electron chi connectivity index (χ2n) is 8.31. The molecule has 0 N–H and O–H groups in total. The van der Waals surface area contributed by atoms with Crippen LogP contribution in [0.4, 0.5) is 10.2 Å². The average molecular weight is 407 g/mol. The van der Waals surface area contributed by atoms with Gasteiger partial charge in [0, 0.05) is 25.9 Å². The number of carbonyl (C=O) groups excluding carboxylic acids is 1. The minimum Gasteiger partial charge on any atom is -0.356 e. The zero-order valence-corrected chi connectivity index (χ0v) is 16.4. The first-order valence-corrected chi connectivity index (χ1v) is 10.4. The molecular formula is C22H22FN5O2. The summed E-state index contributed by atoms with van der Waals surface area (Å²) in [6.45, 7) is 1.28. The highest BCUT2D eigenvalue weighted by Gasteiger charge is 2.58. The van der Waals surface area contributed by atoms with Gasteiger partial charge in [0.15, 0.2) is 17.1 Å². The first kappa shape index (κ1) is 17.8. The van der Waals surface area contributed by atoms with Crippen LogP contribution in [0, 0.1) is 5.82 Å². The second kappa shape index (κ2) is 6.50.